The summed E-state index contributed by atoms with van der Waals surface area (Å²) in [5.74, 6) is -0.277. The lowest BCUT2D eigenvalue weighted by Crippen LogP contribution is -2.39. The van der Waals surface area contributed by atoms with Crippen LogP contribution in [0.2, 0.25) is 0 Å². The number of amides is 1. The highest BCUT2D eigenvalue weighted by Gasteiger charge is 2.44. The van der Waals surface area contributed by atoms with Crippen molar-refractivity contribution in [1.29, 1.82) is 0 Å². The maximum absolute atomic E-state index is 12.7. The number of carbonyl (C=O) groups is 2. The Morgan fingerprint density at radius 3 is 2.68 bits per heavy atom. The largest absolute Gasteiger partial charge is 0.497 e. The summed E-state index contributed by atoms with van der Waals surface area (Å²) in [5.41, 5.74) is 0.614. The van der Waals surface area contributed by atoms with E-state index in [0.717, 1.165) is 12.8 Å². The molecule has 2 aliphatic heterocycles. The molecule has 2 saturated heterocycles. The molecule has 7 heteroatoms. The molecule has 3 rings (SSSR count). The summed E-state index contributed by atoms with van der Waals surface area (Å²) in [6, 6.07) is 4.45. The lowest BCUT2D eigenvalue weighted by Gasteiger charge is -2.24. The number of hydrogen-bond acceptors (Lipinski definition) is 5. The van der Waals surface area contributed by atoms with Crippen LogP contribution in [0.3, 0.4) is 0 Å². The number of nitrogens with one attached hydrogen (secondary N) is 1. The number of carboxylic acids is 1. The molecule has 0 radical (unpaired) electrons. The second kappa shape index (κ2) is 7.31. The van der Waals surface area contributed by atoms with Gasteiger partial charge >= 0.3 is 5.97 Å². The minimum absolute atomic E-state index is 0.0479. The first-order valence-corrected chi connectivity index (χ1v) is 8.41. The standard InChI is InChI=1S/C18H23NO6/c1-23-10-3-5-12(16(8-10)24-2)14(9-17(20)21)19-18(22)13-7-11-4-6-15(13)25-11/h3,5,8,11,13-15H,4,6-7,9H2,1-2H3,(H,19,22)(H,20,21). The predicted octanol–water partition coefficient (Wildman–Crippen LogP) is 1.90. The Kier molecular flexibility index (Phi) is 5.13. The Bertz CT molecular complexity index is 661. The Hall–Kier alpha value is -2.28. The number of rotatable bonds is 7. The number of hydrogen-bond donors (Lipinski definition) is 2. The molecule has 1 aromatic carbocycles. The molecule has 0 spiro atoms. The number of carbonyl (C=O) groups excluding carboxylic acids is 1. The van der Waals surface area contributed by atoms with E-state index in [0.29, 0.717) is 23.5 Å². The van der Waals surface area contributed by atoms with E-state index in [9.17, 15) is 14.7 Å². The third-order valence-corrected chi connectivity index (χ3v) is 4.95. The monoisotopic (exact) mass is 349 g/mol. The van der Waals surface area contributed by atoms with Crippen molar-refractivity contribution in [2.24, 2.45) is 5.92 Å². The maximum Gasteiger partial charge on any atom is 0.305 e. The molecule has 25 heavy (non-hydrogen) atoms. The fraction of sp³-hybridized carbons (Fsp3) is 0.556. The van der Waals surface area contributed by atoms with E-state index in [-0.39, 0.29) is 30.5 Å². The highest BCUT2D eigenvalue weighted by Crippen LogP contribution is 2.39. The molecule has 2 bridgehead atoms. The molecule has 2 fully saturated rings. The summed E-state index contributed by atoms with van der Waals surface area (Å²) in [7, 11) is 3.04. The second-order valence-corrected chi connectivity index (χ2v) is 6.48. The van der Waals surface area contributed by atoms with Crippen LogP contribution in [0.15, 0.2) is 18.2 Å². The fourth-order valence-corrected chi connectivity index (χ4v) is 3.71. The second-order valence-electron chi connectivity index (χ2n) is 6.48. The lowest BCUT2D eigenvalue weighted by atomic mass is 9.88. The first-order valence-electron chi connectivity index (χ1n) is 8.41. The molecule has 2 N–H and O–H groups in total. The SMILES string of the molecule is COc1ccc(C(CC(=O)O)NC(=O)C2CC3CCC2O3)c(OC)c1. The van der Waals surface area contributed by atoms with E-state index in [1.54, 1.807) is 25.3 Å². The zero-order chi connectivity index (χ0) is 18.0. The van der Waals surface area contributed by atoms with Gasteiger partial charge in [-0.05, 0) is 31.4 Å². The van der Waals surface area contributed by atoms with Gasteiger partial charge in [-0.2, -0.15) is 0 Å². The van der Waals surface area contributed by atoms with Crippen molar-refractivity contribution in [3.05, 3.63) is 23.8 Å². The van der Waals surface area contributed by atoms with Gasteiger partial charge in [-0.15, -0.1) is 0 Å². The number of fused-ring (bicyclic) bond motifs is 2. The van der Waals surface area contributed by atoms with Crippen LogP contribution in [-0.2, 0) is 14.3 Å². The number of methoxy groups -OCH3 is 2. The van der Waals surface area contributed by atoms with Gasteiger partial charge < -0.3 is 24.6 Å². The van der Waals surface area contributed by atoms with Crippen molar-refractivity contribution in [3.63, 3.8) is 0 Å². The molecule has 0 saturated carbocycles. The van der Waals surface area contributed by atoms with Crippen molar-refractivity contribution in [1.82, 2.24) is 5.32 Å². The lowest BCUT2D eigenvalue weighted by molar-refractivity contribution is -0.138. The molecule has 1 amide bonds. The van der Waals surface area contributed by atoms with Gasteiger partial charge in [0.1, 0.15) is 11.5 Å². The number of ether oxygens (including phenoxy) is 3. The number of benzene rings is 1. The van der Waals surface area contributed by atoms with E-state index >= 15 is 0 Å². The molecular formula is C18H23NO6. The minimum atomic E-state index is -0.993. The molecule has 2 aliphatic rings. The van der Waals surface area contributed by atoms with Gasteiger partial charge in [0.2, 0.25) is 5.91 Å². The first-order chi connectivity index (χ1) is 12.0. The average molecular weight is 349 g/mol. The van der Waals surface area contributed by atoms with Crippen molar-refractivity contribution in [2.45, 2.75) is 43.9 Å². The summed E-state index contributed by atoms with van der Waals surface area (Å²) >= 11 is 0. The van der Waals surface area contributed by atoms with Crippen molar-refractivity contribution >= 4 is 11.9 Å². The summed E-state index contributed by atoms with van der Waals surface area (Å²) in [6.07, 6.45) is 2.48. The summed E-state index contributed by atoms with van der Waals surface area (Å²) in [5, 5.41) is 12.1. The van der Waals surface area contributed by atoms with Gasteiger partial charge in [-0.3, -0.25) is 9.59 Å². The fourth-order valence-electron chi connectivity index (χ4n) is 3.71. The number of carboxylic acid groups (broad SMARTS) is 1. The first kappa shape index (κ1) is 17.5. The molecule has 2 heterocycles. The van der Waals surface area contributed by atoms with Crippen LogP contribution in [0, 0.1) is 5.92 Å². The van der Waals surface area contributed by atoms with Gasteiger partial charge in [-0.1, -0.05) is 0 Å². The zero-order valence-corrected chi connectivity index (χ0v) is 14.4. The van der Waals surface area contributed by atoms with Crippen molar-refractivity contribution < 1.29 is 28.9 Å². The Labute approximate surface area is 146 Å². The van der Waals surface area contributed by atoms with E-state index in [1.165, 1.54) is 7.11 Å². The van der Waals surface area contributed by atoms with Gasteiger partial charge in [-0.25, -0.2) is 0 Å². The highest BCUT2D eigenvalue weighted by molar-refractivity contribution is 5.81. The van der Waals surface area contributed by atoms with Gasteiger partial charge in [0, 0.05) is 11.6 Å². The smallest absolute Gasteiger partial charge is 0.305 e. The molecule has 4 atom stereocenters. The molecule has 7 nitrogen and oxygen atoms in total. The minimum Gasteiger partial charge on any atom is -0.497 e. The van der Waals surface area contributed by atoms with E-state index in [2.05, 4.69) is 5.32 Å². The van der Waals surface area contributed by atoms with E-state index in [4.69, 9.17) is 14.2 Å². The summed E-state index contributed by atoms with van der Waals surface area (Å²) in [4.78, 5) is 24.0. The van der Waals surface area contributed by atoms with Gasteiger partial charge in [0.25, 0.3) is 0 Å². The van der Waals surface area contributed by atoms with Crippen LogP contribution in [0.25, 0.3) is 0 Å². The van der Waals surface area contributed by atoms with E-state index < -0.39 is 12.0 Å². The van der Waals surface area contributed by atoms with Crippen LogP contribution in [-0.4, -0.2) is 43.4 Å². The topological polar surface area (TPSA) is 94.1 Å². The van der Waals surface area contributed by atoms with Crippen molar-refractivity contribution in [3.8, 4) is 11.5 Å². The molecule has 0 aliphatic carbocycles. The highest BCUT2D eigenvalue weighted by atomic mass is 16.5. The van der Waals surface area contributed by atoms with Gasteiger partial charge in [0.15, 0.2) is 0 Å². The van der Waals surface area contributed by atoms with Crippen LogP contribution in [0.1, 0.15) is 37.3 Å². The van der Waals surface area contributed by atoms with E-state index in [1.807, 2.05) is 0 Å². The Balaban J connectivity index is 1.80. The molecule has 4 unspecified atom stereocenters. The molecule has 1 aromatic rings. The normalized spacial score (nSPS) is 25.4. The van der Waals surface area contributed by atoms with Crippen LogP contribution < -0.4 is 14.8 Å². The summed E-state index contributed by atoms with van der Waals surface area (Å²) in [6.45, 7) is 0. The number of aliphatic carboxylic acids is 1. The molecule has 136 valence electrons. The van der Waals surface area contributed by atoms with Crippen LogP contribution >= 0.6 is 0 Å². The predicted molar refractivity (Wildman–Crippen MR) is 88.7 cm³/mol. The zero-order valence-electron chi connectivity index (χ0n) is 14.4. The van der Waals surface area contributed by atoms with Gasteiger partial charge in [0.05, 0.1) is 44.8 Å². The maximum atomic E-state index is 12.7. The third-order valence-electron chi connectivity index (χ3n) is 4.95. The molecule has 0 aromatic heterocycles. The molecular weight excluding hydrogens is 326 g/mol. The third kappa shape index (κ3) is 3.71. The van der Waals surface area contributed by atoms with Crippen molar-refractivity contribution in [2.75, 3.05) is 14.2 Å². The van der Waals surface area contributed by atoms with Crippen LogP contribution in [0.4, 0.5) is 0 Å². The Morgan fingerprint density at radius 2 is 2.12 bits per heavy atom. The quantitative estimate of drug-likeness (QED) is 0.781. The Morgan fingerprint density at radius 1 is 1.32 bits per heavy atom. The summed E-state index contributed by atoms with van der Waals surface area (Å²) < 4.78 is 16.3. The van der Waals surface area contributed by atoms with Crippen LogP contribution in [0.5, 0.6) is 11.5 Å². The average Bonchev–Trinajstić information content (AvgIpc) is 3.23.